The van der Waals surface area contributed by atoms with Crippen LogP contribution in [0.4, 0.5) is 0 Å². The molecule has 2 rings (SSSR count). The Labute approximate surface area is 139 Å². The molecule has 1 aliphatic heterocycles. The monoisotopic (exact) mass is 316 g/mol. The van der Waals surface area contributed by atoms with Crippen LogP contribution in [0.25, 0.3) is 0 Å². The van der Waals surface area contributed by atoms with Crippen LogP contribution in [0.2, 0.25) is 0 Å². The van der Waals surface area contributed by atoms with Crippen LogP contribution >= 0.6 is 0 Å². The Morgan fingerprint density at radius 2 is 2.17 bits per heavy atom. The van der Waals surface area contributed by atoms with Gasteiger partial charge in [0.05, 0.1) is 12.2 Å². The van der Waals surface area contributed by atoms with Crippen LogP contribution in [0.3, 0.4) is 0 Å². The molecule has 0 fully saturated rings. The summed E-state index contributed by atoms with van der Waals surface area (Å²) in [4.78, 5) is 0. The Bertz CT molecular complexity index is 570. The van der Waals surface area contributed by atoms with E-state index in [1.807, 2.05) is 19.1 Å². The van der Waals surface area contributed by atoms with Gasteiger partial charge in [-0.25, -0.2) is 0 Å². The van der Waals surface area contributed by atoms with Crippen molar-refractivity contribution in [1.29, 1.82) is 0 Å². The summed E-state index contributed by atoms with van der Waals surface area (Å²) in [5, 5.41) is 0. The molecular formula is C20H28O3. The van der Waals surface area contributed by atoms with Crippen molar-refractivity contribution in [2.45, 2.75) is 46.1 Å². The highest BCUT2D eigenvalue weighted by molar-refractivity contribution is 5.42. The third-order valence-electron chi connectivity index (χ3n) is 3.85. The first-order valence-corrected chi connectivity index (χ1v) is 8.36. The summed E-state index contributed by atoms with van der Waals surface area (Å²) in [7, 11) is 0. The third-order valence-corrected chi connectivity index (χ3v) is 3.85. The highest BCUT2D eigenvalue weighted by Gasteiger charge is 2.14. The maximum Gasteiger partial charge on any atom is 0.126 e. The van der Waals surface area contributed by atoms with Gasteiger partial charge in [0.2, 0.25) is 0 Å². The normalized spacial score (nSPS) is 14.9. The second-order valence-electron chi connectivity index (χ2n) is 6.43. The summed E-state index contributed by atoms with van der Waals surface area (Å²) < 4.78 is 17.0. The van der Waals surface area contributed by atoms with E-state index in [1.165, 1.54) is 11.1 Å². The molecule has 3 nitrogen and oxygen atoms in total. The number of ether oxygens (including phenoxy) is 3. The molecule has 0 bridgehead atoms. The lowest BCUT2D eigenvalue weighted by molar-refractivity contribution is -0.00732. The lowest BCUT2D eigenvalue weighted by Crippen LogP contribution is -2.23. The first-order chi connectivity index (χ1) is 11.0. The van der Waals surface area contributed by atoms with E-state index in [0.717, 1.165) is 37.6 Å². The topological polar surface area (TPSA) is 27.7 Å². The number of allylic oxidation sites excluding steroid dienone is 2. The summed E-state index contributed by atoms with van der Waals surface area (Å²) >= 11 is 0. The van der Waals surface area contributed by atoms with Gasteiger partial charge in [0, 0.05) is 19.1 Å². The second kappa shape index (κ2) is 8.21. The molecule has 1 heterocycles. The number of hydrogen-bond acceptors (Lipinski definition) is 3. The second-order valence-corrected chi connectivity index (χ2v) is 6.43. The highest BCUT2D eigenvalue weighted by atomic mass is 16.5. The molecule has 1 aromatic carbocycles. The van der Waals surface area contributed by atoms with E-state index in [2.05, 4.69) is 45.1 Å². The quantitative estimate of drug-likeness (QED) is 0.650. The van der Waals surface area contributed by atoms with Crippen LogP contribution in [0.1, 0.15) is 39.7 Å². The van der Waals surface area contributed by atoms with Crippen LogP contribution in [0.15, 0.2) is 42.0 Å². The highest BCUT2D eigenvalue weighted by Crippen LogP contribution is 2.29. The molecule has 0 amide bonds. The number of rotatable bonds is 8. The Hall–Kier alpha value is -1.74. The van der Waals surface area contributed by atoms with Crippen LogP contribution in [-0.4, -0.2) is 25.4 Å². The standard InChI is InChI=1S/C20H28O3/c1-5-23-20(3,4)12-6-7-16(2)10-13-21-18-9-8-17-11-14-22-19(17)15-18/h6-10,15H,5,11-14H2,1-4H3. The number of fused-ring (bicyclic) bond motifs is 1. The van der Waals surface area contributed by atoms with E-state index in [1.54, 1.807) is 0 Å². The van der Waals surface area contributed by atoms with Crippen LogP contribution in [-0.2, 0) is 11.2 Å². The summed E-state index contributed by atoms with van der Waals surface area (Å²) in [6, 6.07) is 6.08. The van der Waals surface area contributed by atoms with Gasteiger partial charge in [0.25, 0.3) is 0 Å². The van der Waals surface area contributed by atoms with Gasteiger partial charge >= 0.3 is 0 Å². The SMILES string of the molecule is CCOC(C)(C)CC=CC(C)=CCOc1ccc2c(c1)OCC2. The van der Waals surface area contributed by atoms with Gasteiger partial charge in [0.15, 0.2) is 0 Å². The Balaban J connectivity index is 1.78. The van der Waals surface area contributed by atoms with Gasteiger partial charge in [0.1, 0.15) is 18.1 Å². The van der Waals surface area contributed by atoms with E-state index in [-0.39, 0.29) is 5.60 Å². The molecule has 0 unspecified atom stereocenters. The van der Waals surface area contributed by atoms with Gasteiger partial charge in [-0.15, -0.1) is 0 Å². The molecule has 23 heavy (non-hydrogen) atoms. The summed E-state index contributed by atoms with van der Waals surface area (Å²) in [5.41, 5.74) is 2.35. The first kappa shape index (κ1) is 17.6. The molecule has 126 valence electrons. The molecule has 1 aliphatic rings. The van der Waals surface area contributed by atoms with Crippen molar-refractivity contribution in [3.63, 3.8) is 0 Å². The predicted octanol–water partition coefficient (Wildman–Crippen LogP) is 4.71. The van der Waals surface area contributed by atoms with Gasteiger partial charge in [-0.05, 0) is 51.8 Å². The third kappa shape index (κ3) is 5.76. The number of hydrogen-bond donors (Lipinski definition) is 0. The van der Waals surface area contributed by atoms with Gasteiger partial charge in [-0.2, -0.15) is 0 Å². The average molecular weight is 316 g/mol. The Morgan fingerprint density at radius 3 is 2.96 bits per heavy atom. The van der Waals surface area contributed by atoms with Gasteiger partial charge in [-0.1, -0.05) is 23.8 Å². The zero-order valence-electron chi connectivity index (χ0n) is 14.7. The lowest BCUT2D eigenvalue weighted by Gasteiger charge is -2.22. The molecule has 3 heteroatoms. The van der Waals surface area contributed by atoms with Crippen LogP contribution in [0.5, 0.6) is 11.5 Å². The maximum atomic E-state index is 5.77. The Kier molecular flexibility index (Phi) is 6.28. The molecule has 0 aliphatic carbocycles. The fourth-order valence-corrected chi connectivity index (χ4v) is 2.55. The fourth-order valence-electron chi connectivity index (χ4n) is 2.55. The van der Waals surface area contributed by atoms with E-state index in [4.69, 9.17) is 14.2 Å². The van der Waals surface area contributed by atoms with Crippen molar-refractivity contribution in [2.24, 2.45) is 0 Å². The zero-order chi connectivity index (χ0) is 16.7. The fraction of sp³-hybridized carbons (Fsp3) is 0.500. The molecule has 0 aromatic heterocycles. The summed E-state index contributed by atoms with van der Waals surface area (Å²) in [6.45, 7) is 10.4. The van der Waals surface area contributed by atoms with Crippen molar-refractivity contribution < 1.29 is 14.2 Å². The van der Waals surface area contributed by atoms with Crippen molar-refractivity contribution >= 4 is 0 Å². The molecule has 0 saturated carbocycles. The van der Waals surface area contributed by atoms with E-state index < -0.39 is 0 Å². The zero-order valence-corrected chi connectivity index (χ0v) is 14.7. The largest absolute Gasteiger partial charge is 0.493 e. The van der Waals surface area contributed by atoms with Gasteiger partial charge in [-0.3, -0.25) is 0 Å². The minimum Gasteiger partial charge on any atom is -0.493 e. The minimum atomic E-state index is -0.105. The molecule has 0 spiro atoms. The average Bonchev–Trinajstić information content (AvgIpc) is 2.94. The van der Waals surface area contributed by atoms with Crippen LogP contribution in [0, 0.1) is 0 Å². The minimum absolute atomic E-state index is 0.105. The van der Waals surface area contributed by atoms with E-state index in [0.29, 0.717) is 6.61 Å². The summed E-state index contributed by atoms with van der Waals surface area (Å²) in [6.07, 6.45) is 8.26. The van der Waals surface area contributed by atoms with E-state index >= 15 is 0 Å². The van der Waals surface area contributed by atoms with Crippen LogP contribution < -0.4 is 9.47 Å². The number of benzene rings is 1. The lowest BCUT2D eigenvalue weighted by atomic mass is 10.0. The van der Waals surface area contributed by atoms with Crippen molar-refractivity contribution in [2.75, 3.05) is 19.8 Å². The summed E-state index contributed by atoms with van der Waals surface area (Å²) in [5.74, 6) is 1.82. The maximum absolute atomic E-state index is 5.77. The molecule has 1 aromatic rings. The molecule has 0 N–H and O–H groups in total. The first-order valence-electron chi connectivity index (χ1n) is 8.36. The predicted molar refractivity (Wildman–Crippen MR) is 94.4 cm³/mol. The smallest absolute Gasteiger partial charge is 0.126 e. The van der Waals surface area contributed by atoms with Gasteiger partial charge < -0.3 is 14.2 Å². The van der Waals surface area contributed by atoms with E-state index in [9.17, 15) is 0 Å². The van der Waals surface area contributed by atoms with Crippen molar-refractivity contribution in [3.05, 3.63) is 47.6 Å². The van der Waals surface area contributed by atoms with Crippen molar-refractivity contribution in [3.8, 4) is 11.5 Å². The molecular weight excluding hydrogens is 288 g/mol. The molecule has 0 radical (unpaired) electrons. The Morgan fingerprint density at radius 1 is 1.35 bits per heavy atom. The molecule has 0 saturated heterocycles. The molecule has 0 atom stereocenters. The van der Waals surface area contributed by atoms with Crippen molar-refractivity contribution in [1.82, 2.24) is 0 Å².